The van der Waals surface area contributed by atoms with Gasteiger partial charge in [-0.2, -0.15) is 0 Å². The molecule has 0 aromatic carbocycles. The summed E-state index contributed by atoms with van der Waals surface area (Å²) in [6.07, 6.45) is 6.17. The van der Waals surface area contributed by atoms with Crippen LogP contribution in [-0.2, 0) is 4.74 Å². The highest BCUT2D eigenvalue weighted by atomic mass is 35.5. The minimum Gasteiger partial charge on any atom is -0.463 e. The molecule has 0 spiro atoms. The van der Waals surface area contributed by atoms with E-state index in [1.807, 2.05) is 6.20 Å². The van der Waals surface area contributed by atoms with Gasteiger partial charge in [0.25, 0.3) is 0 Å². The minimum absolute atomic E-state index is 0.795. The van der Waals surface area contributed by atoms with Crippen molar-refractivity contribution >= 4 is 11.6 Å². The SMILES string of the molecule is ClC1=C2CCNC=C2OC=C1. The molecule has 2 aliphatic rings. The van der Waals surface area contributed by atoms with Crippen LogP contribution in [-0.4, -0.2) is 6.54 Å². The highest BCUT2D eigenvalue weighted by Gasteiger charge is 2.16. The van der Waals surface area contributed by atoms with Crippen molar-refractivity contribution in [1.82, 2.24) is 5.32 Å². The summed E-state index contributed by atoms with van der Waals surface area (Å²) in [6, 6.07) is 0. The largest absolute Gasteiger partial charge is 0.463 e. The zero-order chi connectivity index (χ0) is 7.68. The maximum atomic E-state index is 5.93. The molecule has 2 rings (SSSR count). The Morgan fingerprint density at radius 1 is 1.55 bits per heavy atom. The number of hydrogen-bond acceptors (Lipinski definition) is 2. The number of fused-ring (bicyclic) bond motifs is 1. The molecule has 0 bridgehead atoms. The molecule has 0 saturated heterocycles. The molecule has 0 saturated carbocycles. The van der Waals surface area contributed by atoms with Gasteiger partial charge in [-0.05, 0) is 12.5 Å². The molecule has 0 unspecified atom stereocenters. The second-order valence-corrected chi connectivity index (χ2v) is 2.87. The van der Waals surface area contributed by atoms with E-state index in [0.29, 0.717) is 0 Å². The van der Waals surface area contributed by atoms with E-state index in [0.717, 1.165) is 29.3 Å². The van der Waals surface area contributed by atoms with Gasteiger partial charge in [0.1, 0.15) is 5.76 Å². The van der Waals surface area contributed by atoms with Crippen LogP contribution in [0.2, 0.25) is 0 Å². The van der Waals surface area contributed by atoms with Crippen LogP contribution in [0.15, 0.2) is 34.9 Å². The van der Waals surface area contributed by atoms with Gasteiger partial charge in [-0.1, -0.05) is 11.6 Å². The first-order chi connectivity index (χ1) is 5.38. The van der Waals surface area contributed by atoms with Crippen molar-refractivity contribution in [1.29, 1.82) is 0 Å². The van der Waals surface area contributed by atoms with E-state index >= 15 is 0 Å². The summed E-state index contributed by atoms with van der Waals surface area (Å²) in [7, 11) is 0. The second-order valence-electron chi connectivity index (χ2n) is 2.46. The molecule has 2 aliphatic heterocycles. The van der Waals surface area contributed by atoms with E-state index in [2.05, 4.69) is 5.32 Å². The van der Waals surface area contributed by atoms with Crippen molar-refractivity contribution in [2.24, 2.45) is 0 Å². The van der Waals surface area contributed by atoms with Crippen molar-refractivity contribution in [3.8, 4) is 0 Å². The molecular formula is C8H8ClNO. The Bertz CT molecular complexity index is 265. The standard InChI is InChI=1S/C8H8ClNO/c9-7-2-4-11-8-5-10-3-1-6(7)8/h2,4-5,10H,1,3H2. The van der Waals surface area contributed by atoms with E-state index < -0.39 is 0 Å². The Hall–Kier alpha value is -0.890. The Labute approximate surface area is 70.2 Å². The number of rotatable bonds is 0. The molecule has 0 amide bonds. The quantitative estimate of drug-likeness (QED) is 0.598. The van der Waals surface area contributed by atoms with Crippen molar-refractivity contribution in [3.05, 3.63) is 34.9 Å². The van der Waals surface area contributed by atoms with Crippen LogP contribution in [0.1, 0.15) is 6.42 Å². The van der Waals surface area contributed by atoms with Gasteiger partial charge in [0.05, 0.1) is 11.3 Å². The van der Waals surface area contributed by atoms with E-state index in [4.69, 9.17) is 16.3 Å². The van der Waals surface area contributed by atoms with Gasteiger partial charge in [0.15, 0.2) is 0 Å². The van der Waals surface area contributed by atoms with Crippen LogP contribution in [0.3, 0.4) is 0 Å². The Morgan fingerprint density at radius 3 is 3.27 bits per heavy atom. The molecular weight excluding hydrogens is 162 g/mol. The molecule has 1 N–H and O–H groups in total. The lowest BCUT2D eigenvalue weighted by Crippen LogP contribution is -2.18. The molecule has 0 aliphatic carbocycles. The van der Waals surface area contributed by atoms with E-state index in [-0.39, 0.29) is 0 Å². The van der Waals surface area contributed by atoms with E-state index in [9.17, 15) is 0 Å². The predicted molar refractivity (Wildman–Crippen MR) is 43.8 cm³/mol. The Kier molecular flexibility index (Phi) is 1.62. The van der Waals surface area contributed by atoms with Crippen LogP contribution in [0, 0.1) is 0 Å². The first kappa shape index (κ1) is 6.80. The fourth-order valence-electron chi connectivity index (χ4n) is 1.18. The molecule has 11 heavy (non-hydrogen) atoms. The van der Waals surface area contributed by atoms with Crippen LogP contribution >= 0.6 is 11.6 Å². The fourth-order valence-corrected chi connectivity index (χ4v) is 1.42. The van der Waals surface area contributed by atoms with Crippen molar-refractivity contribution in [3.63, 3.8) is 0 Å². The predicted octanol–water partition coefficient (Wildman–Crippen LogP) is 1.86. The lowest BCUT2D eigenvalue weighted by molar-refractivity contribution is 0.343. The molecule has 0 aromatic rings. The number of halogens is 1. The lowest BCUT2D eigenvalue weighted by atomic mass is 10.1. The molecule has 0 fully saturated rings. The molecule has 3 heteroatoms. The Balaban J connectivity index is 2.41. The number of ether oxygens (including phenoxy) is 1. The molecule has 0 radical (unpaired) electrons. The first-order valence-corrected chi connectivity index (χ1v) is 3.91. The van der Waals surface area contributed by atoms with Gasteiger partial charge in [-0.15, -0.1) is 0 Å². The molecule has 58 valence electrons. The third-order valence-corrected chi connectivity index (χ3v) is 2.10. The normalized spacial score (nSPS) is 21.7. The van der Waals surface area contributed by atoms with Gasteiger partial charge >= 0.3 is 0 Å². The average molecular weight is 170 g/mol. The van der Waals surface area contributed by atoms with Gasteiger partial charge < -0.3 is 10.1 Å². The topological polar surface area (TPSA) is 21.3 Å². The highest BCUT2D eigenvalue weighted by Crippen LogP contribution is 2.28. The Morgan fingerprint density at radius 2 is 2.45 bits per heavy atom. The zero-order valence-electron chi connectivity index (χ0n) is 5.93. The summed E-state index contributed by atoms with van der Waals surface area (Å²) >= 11 is 5.93. The smallest absolute Gasteiger partial charge is 0.146 e. The second kappa shape index (κ2) is 2.62. The molecule has 2 nitrogen and oxygen atoms in total. The number of allylic oxidation sites excluding steroid dienone is 3. The summed E-state index contributed by atoms with van der Waals surface area (Å²) in [6.45, 7) is 0.937. The van der Waals surface area contributed by atoms with Gasteiger partial charge in [-0.3, -0.25) is 0 Å². The molecule has 2 heterocycles. The summed E-state index contributed by atoms with van der Waals surface area (Å²) in [5.41, 5.74) is 1.10. The summed E-state index contributed by atoms with van der Waals surface area (Å²) in [5.74, 6) is 0.851. The molecule has 0 atom stereocenters. The van der Waals surface area contributed by atoms with Gasteiger partial charge in [0, 0.05) is 18.3 Å². The van der Waals surface area contributed by atoms with E-state index in [1.54, 1.807) is 12.3 Å². The highest BCUT2D eigenvalue weighted by molar-refractivity contribution is 6.31. The third kappa shape index (κ3) is 1.14. The fraction of sp³-hybridized carbons (Fsp3) is 0.250. The number of hydrogen-bond donors (Lipinski definition) is 1. The van der Waals surface area contributed by atoms with Gasteiger partial charge in [-0.25, -0.2) is 0 Å². The lowest BCUT2D eigenvalue weighted by Gasteiger charge is -2.20. The third-order valence-electron chi connectivity index (χ3n) is 1.75. The first-order valence-electron chi connectivity index (χ1n) is 3.54. The van der Waals surface area contributed by atoms with Crippen molar-refractivity contribution in [2.45, 2.75) is 6.42 Å². The summed E-state index contributed by atoms with van der Waals surface area (Å²) < 4.78 is 5.23. The number of nitrogens with one attached hydrogen (secondary N) is 1. The average Bonchev–Trinajstić information content (AvgIpc) is 2.06. The maximum absolute atomic E-state index is 5.93. The van der Waals surface area contributed by atoms with E-state index in [1.165, 1.54) is 0 Å². The summed E-state index contributed by atoms with van der Waals surface area (Å²) in [5, 5.41) is 3.89. The van der Waals surface area contributed by atoms with Crippen LogP contribution in [0.5, 0.6) is 0 Å². The van der Waals surface area contributed by atoms with Crippen LogP contribution < -0.4 is 5.32 Å². The van der Waals surface area contributed by atoms with Crippen molar-refractivity contribution in [2.75, 3.05) is 6.54 Å². The van der Waals surface area contributed by atoms with Crippen molar-refractivity contribution < 1.29 is 4.74 Å². The van der Waals surface area contributed by atoms with Gasteiger partial charge in [0.2, 0.25) is 0 Å². The maximum Gasteiger partial charge on any atom is 0.146 e. The monoisotopic (exact) mass is 169 g/mol. The zero-order valence-corrected chi connectivity index (χ0v) is 6.69. The van der Waals surface area contributed by atoms with Crippen LogP contribution in [0.4, 0.5) is 0 Å². The molecule has 0 aromatic heterocycles. The minimum atomic E-state index is 0.795. The summed E-state index contributed by atoms with van der Waals surface area (Å²) in [4.78, 5) is 0. The van der Waals surface area contributed by atoms with Crippen LogP contribution in [0.25, 0.3) is 0 Å².